The Hall–Kier alpha value is -3.75. The lowest BCUT2D eigenvalue weighted by Gasteiger charge is -2.17. The number of amides is 2. The summed E-state index contributed by atoms with van der Waals surface area (Å²) in [5, 5.41) is 11.3. The Balaban J connectivity index is 1.33. The lowest BCUT2D eigenvalue weighted by atomic mass is 10.1. The zero-order chi connectivity index (χ0) is 23.7. The third-order valence-corrected chi connectivity index (χ3v) is 6.45. The normalized spacial score (nSPS) is 17.9. The maximum Gasteiger partial charge on any atom is 0.229 e. The van der Waals surface area contributed by atoms with E-state index in [1.54, 1.807) is 36.3 Å². The van der Waals surface area contributed by atoms with Crippen LogP contribution in [0.2, 0.25) is 0 Å². The number of fused-ring (bicyclic) bond motifs is 1. The molecule has 5 rings (SSSR count). The molecule has 1 atom stereocenters. The maximum atomic E-state index is 14.7. The Morgan fingerprint density at radius 1 is 1.15 bits per heavy atom. The predicted molar refractivity (Wildman–Crippen MR) is 125 cm³/mol. The molecule has 9 heteroatoms. The lowest BCUT2D eigenvalue weighted by Crippen LogP contribution is -2.28. The number of rotatable bonds is 5. The van der Waals surface area contributed by atoms with Crippen molar-refractivity contribution in [1.82, 2.24) is 14.8 Å². The summed E-state index contributed by atoms with van der Waals surface area (Å²) in [6.45, 7) is 1.02. The van der Waals surface area contributed by atoms with Crippen LogP contribution in [0.15, 0.2) is 42.5 Å². The summed E-state index contributed by atoms with van der Waals surface area (Å²) in [4.78, 5) is 27.2. The molecule has 8 nitrogen and oxygen atoms in total. The minimum atomic E-state index is -0.517. The number of nitrogens with one attached hydrogen (secondary N) is 1. The number of methoxy groups -OCH3 is 1. The molecule has 1 unspecified atom stereocenters. The van der Waals surface area contributed by atoms with Gasteiger partial charge in [0.1, 0.15) is 17.4 Å². The first-order chi connectivity index (χ1) is 16.5. The van der Waals surface area contributed by atoms with Crippen molar-refractivity contribution in [2.24, 2.45) is 5.92 Å². The van der Waals surface area contributed by atoms with Gasteiger partial charge in [-0.1, -0.05) is 12.5 Å². The molecule has 2 aliphatic rings. The summed E-state index contributed by atoms with van der Waals surface area (Å²) >= 11 is 0. The molecule has 34 heavy (non-hydrogen) atoms. The molecule has 0 bridgehead atoms. The van der Waals surface area contributed by atoms with E-state index < -0.39 is 11.7 Å². The second kappa shape index (κ2) is 9.24. The van der Waals surface area contributed by atoms with Crippen molar-refractivity contribution >= 4 is 23.2 Å². The Morgan fingerprint density at radius 3 is 2.88 bits per heavy atom. The number of nitrogens with zero attached hydrogens (tertiary/aromatic N) is 4. The number of aryl methyl sites for hydroxylation is 1. The first-order valence-corrected chi connectivity index (χ1v) is 11.5. The maximum absolute atomic E-state index is 14.7. The van der Waals surface area contributed by atoms with Gasteiger partial charge in [0.15, 0.2) is 5.82 Å². The topological polar surface area (TPSA) is 89.3 Å². The highest BCUT2D eigenvalue weighted by molar-refractivity contribution is 6.03. The van der Waals surface area contributed by atoms with E-state index in [1.807, 2.05) is 10.6 Å². The number of aromatic nitrogens is 3. The molecule has 1 aromatic heterocycles. The van der Waals surface area contributed by atoms with E-state index in [-0.39, 0.29) is 24.8 Å². The Morgan fingerprint density at radius 2 is 2.03 bits per heavy atom. The monoisotopic (exact) mass is 463 g/mol. The lowest BCUT2D eigenvalue weighted by molar-refractivity contribution is -0.122. The molecular weight excluding hydrogens is 437 g/mol. The SMILES string of the molecule is COc1cccc(N2CC(C(=O)Nc3ccc(F)c(-c4nnc5n4CCCCC5)c3)CC2=O)c1. The summed E-state index contributed by atoms with van der Waals surface area (Å²) in [6, 6.07) is 11.6. The van der Waals surface area contributed by atoms with E-state index in [1.165, 1.54) is 12.1 Å². The summed E-state index contributed by atoms with van der Waals surface area (Å²) in [5.41, 5.74) is 1.45. The summed E-state index contributed by atoms with van der Waals surface area (Å²) in [7, 11) is 1.56. The van der Waals surface area contributed by atoms with Gasteiger partial charge in [-0.25, -0.2) is 4.39 Å². The molecule has 2 aliphatic heterocycles. The highest BCUT2D eigenvalue weighted by Gasteiger charge is 2.35. The fraction of sp³-hybridized carbons (Fsp3) is 0.360. The Labute approximate surface area is 196 Å². The van der Waals surface area contributed by atoms with Crippen molar-refractivity contribution in [2.75, 3.05) is 23.9 Å². The van der Waals surface area contributed by atoms with Gasteiger partial charge < -0.3 is 19.5 Å². The highest BCUT2D eigenvalue weighted by Crippen LogP contribution is 2.30. The van der Waals surface area contributed by atoms with Crippen LogP contribution in [0.5, 0.6) is 5.75 Å². The van der Waals surface area contributed by atoms with E-state index in [4.69, 9.17) is 4.74 Å². The summed E-state index contributed by atoms with van der Waals surface area (Å²) in [5.74, 6) is 0.641. The molecule has 2 amide bonds. The standard InChI is InChI=1S/C25H26FN5O3/c1-34-19-7-5-6-18(14-19)31-15-16(12-23(31)32)25(33)27-17-9-10-21(26)20(13-17)24-29-28-22-8-3-2-4-11-30(22)24/h5-7,9-10,13-14,16H,2-4,8,11-12,15H2,1H3,(H,27,33). The number of benzene rings is 2. The fourth-order valence-corrected chi connectivity index (χ4v) is 4.61. The van der Waals surface area contributed by atoms with Crippen molar-refractivity contribution in [2.45, 2.75) is 38.6 Å². The van der Waals surface area contributed by atoms with Crippen molar-refractivity contribution in [3.05, 3.63) is 54.1 Å². The molecule has 0 aliphatic carbocycles. The average Bonchev–Trinajstić information content (AvgIpc) is 3.35. The molecule has 1 N–H and O–H groups in total. The first-order valence-electron chi connectivity index (χ1n) is 11.5. The van der Waals surface area contributed by atoms with Gasteiger partial charge in [-0.15, -0.1) is 10.2 Å². The summed E-state index contributed by atoms with van der Waals surface area (Å²) in [6.07, 6.45) is 4.08. The molecule has 3 heterocycles. The minimum absolute atomic E-state index is 0.106. The zero-order valence-electron chi connectivity index (χ0n) is 19.0. The average molecular weight is 464 g/mol. The molecule has 176 valence electrons. The van der Waals surface area contributed by atoms with Gasteiger partial charge in [-0.2, -0.15) is 0 Å². The number of ether oxygens (including phenoxy) is 1. The number of hydrogen-bond donors (Lipinski definition) is 1. The smallest absolute Gasteiger partial charge is 0.229 e. The van der Waals surface area contributed by atoms with E-state index in [0.29, 0.717) is 28.5 Å². The van der Waals surface area contributed by atoms with Gasteiger partial charge in [0.25, 0.3) is 0 Å². The molecule has 2 aromatic carbocycles. The van der Waals surface area contributed by atoms with Crippen molar-refractivity contribution in [3.8, 4) is 17.1 Å². The van der Waals surface area contributed by atoms with Crippen LogP contribution in [-0.4, -0.2) is 40.2 Å². The number of hydrogen-bond acceptors (Lipinski definition) is 5. The quantitative estimate of drug-likeness (QED) is 0.622. The van der Waals surface area contributed by atoms with Gasteiger partial charge >= 0.3 is 0 Å². The van der Waals surface area contributed by atoms with E-state index in [2.05, 4.69) is 15.5 Å². The van der Waals surface area contributed by atoms with Crippen LogP contribution in [0.3, 0.4) is 0 Å². The van der Waals surface area contributed by atoms with Crippen LogP contribution >= 0.6 is 0 Å². The van der Waals surface area contributed by atoms with Crippen LogP contribution in [-0.2, 0) is 22.6 Å². The second-order valence-electron chi connectivity index (χ2n) is 8.69. The van der Waals surface area contributed by atoms with Gasteiger partial charge in [-0.05, 0) is 43.2 Å². The third-order valence-electron chi connectivity index (χ3n) is 6.45. The van der Waals surface area contributed by atoms with Crippen LogP contribution in [0.4, 0.5) is 15.8 Å². The molecule has 0 spiro atoms. The van der Waals surface area contributed by atoms with Crippen LogP contribution in [0.1, 0.15) is 31.5 Å². The number of carbonyl (C=O) groups is 2. The van der Waals surface area contributed by atoms with Crippen LogP contribution in [0.25, 0.3) is 11.4 Å². The summed E-state index contributed by atoms with van der Waals surface area (Å²) < 4.78 is 21.9. The van der Waals surface area contributed by atoms with E-state index in [0.717, 1.165) is 38.1 Å². The Kier molecular flexibility index (Phi) is 6.00. The fourth-order valence-electron chi connectivity index (χ4n) is 4.61. The van der Waals surface area contributed by atoms with Gasteiger partial charge in [0.2, 0.25) is 11.8 Å². The molecule has 0 saturated carbocycles. The van der Waals surface area contributed by atoms with Crippen LogP contribution in [0, 0.1) is 11.7 Å². The molecule has 1 fully saturated rings. The first kappa shape index (κ1) is 22.1. The largest absolute Gasteiger partial charge is 0.497 e. The van der Waals surface area contributed by atoms with E-state index in [9.17, 15) is 14.0 Å². The van der Waals surface area contributed by atoms with Gasteiger partial charge in [0, 0.05) is 43.4 Å². The third kappa shape index (κ3) is 4.25. The van der Waals surface area contributed by atoms with Crippen molar-refractivity contribution in [1.29, 1.82) is 0 Å². The number of halogens is 1. The van der Waals surface area contributed by atoms with Crippen molar-refractivity contribution in [3.63, 3.8) is 0 Å². The van der Waals surface area contributed by atoms with Gasteiger partial charge in [-0.3, -0.25) is 9.59 Å². The number of carbonyl (C=O) groups excluding carboxylic acids is 2. The van der Waals surface area contributed by atoms with Gasteiger partial charge in [0.05, 0.1) is 18.6 Å². The Bertz CT molecular complexity index is 1240. The van der Waals surface area contributed by atoms with E-state index >= 15 is 0 Å². The van der Waals surface area contributed by atoms with Crippen molar-refractivity contribution < 1.29 is 18.7 Å². The predicted octanol–water partition coefficient (Wildman–Crippen LogP) is 3.81. The molecular formula is C25H26FN5O3. The highest BCUT2D eigenvalue weighted by atomic mass is 19.1. The molecule has 0 radical (unpaired) electrons. The number of anilines is 2. The minimum Gasteiger partial charge on any atom is -0.497 e. The molecule has 1 saturated heterocycles. The molecule has 3 aromatic rings. The zero-order valence-corrected chi connectivity index (χ0v) is 19.0. The van der Waals surface area contributed by atoms with Crippen LogP contribution < -0.4 is 15.0 Å². The second-order valence-corrected chi connectivity index (χ2v) is 8.69.